The van der Waals surface area contributed by atoms with Gasteiger partial charge in [0.15, 0.2) is 0 Å². The molecule has 0 radical (unpaired) electrons. The number of nitrogens with one attached hydrogen (secondary N) is 1. The molecule has 1 aliphatic heterocycles. The summed E-state index contributed by atoms with van der Waals surface area (Å²) in [6, 6.07) is 4.68. The van der Waals surface area contributed by atoms with Crippen molar-refractivity contribution in [1.29, 1.82) is 0 Å². The fourth-order valence-electron chi connectivity index (χ4n) is 2.24. The third kappa shape index (κ3) is 3.33. The lowest BCUT2D eigenvalue weighted by molar-refractivity contribution is 0.530. The molecule has 1 aromatic carbocycles. The molecular weight excluding hydrogens is 239 g/mol. The van der Waals surface area contributed by atoms with E-state index in [-0.39, 0.29) is 5.82 Å². The lowest BCUT2D eigenvalue weighted by atomic mass is 10.0. The van der Waals surface area contributed by atoms with Crippen molar-refractivity contribution in [3.63, 3.8) is 0 Å². The second-order valence-electron chi connectivity index (χ2n) is 4.66. The van der Waals surface area contributed by atoms with Crippen LogP contribution in [-0.2, 0) is 0 Å². The van der Waals surface area contributed by atoms with E-state index >= 15 is 0 Å². The molecule has 17 heavy (non-hydrogen) atoms. The highest BCUT2D eigenvalue weighted by Gasteiger charge is 2.16. The molecule has 0 aromatic heterocycles. The van der Waals surface area contributed by atoms with Crippen LogP contribution in [0.4, 0.5) is 10.1 Å². The molecular formula is C13H18ClFN2. The first-order valence-corrected chi connectivity index (χ1v) is 6.41. The van der Waals surface area contributed by atoms with Crippen molar-refractivity contribution >= 4 is 17.3 Å². The standard InChI is InChI=1S/C13H18ClFN2/c1-17(7-5-10-4-6-16-9-10)13-8-11(14)2-3-12(13)15/h2-3,8,10,16H,4-7,9H2,1H3. The average Bonchev–Trinajstić information content (AvgIpc) is 2.82. The SMILES string of the molecule is CN(CCC1CCNC1)c1cc(Cl)ccc1F. The van der Waals surface area contributed by atoms with Crippen molar-refractivity contribution in [1.82, 2.24) is 5.32 Å². The topological polar surface area (TPSA) is 15.3 Å². The summed E-state index contributed by atoms with van der Waals surface area (Å²) in [7, 11) is 1.91. The van der Waals surface area contributed by atoms with Crippen LogP contribution in [0, 0.1) is 11.7 Å². The smallest absolute Gasteiger partial charge is 0.146 e. The number of benzene rings is 1. The van der Waals surface area contributed by atoms with Crippen LogP contribution in [0.2, 0.25) is 5.02 Å². The average molecular weight is 257 g/mol. The molecule has 2 nitrogen and oxygen atoms in total. The van der Waals surface area contributed by atoms with E-state index in [0.29, 0.717) is 10.7 Å². The molecule has 1 saturated heterocycles. The predicted octanol–water partition coefficient (Wildman–Crippen LogP) is 2.91. The zero-order valence-electron chi connectivity index (χ0n) is 10.0. The van der Waals surface area contributed by atoms with Gasteiger partial charge >= 0.3 is 0 Å². The third-order valence-electron chi connectivity index (χ3n) is 3.35. The van der Waals surface area contributed by atoms with Gasteiger partial charge in [-0.3, -0.25) is 0 Å². The van der Waals surface area contributed by atoms with Crippen LogP contribution in [0.3, 0.4) is 0 Å². The summed E-state index contributed by atoms with van der Waals surface area (Å²) in [5.74, 6) is 0.515. The van der Waals surface area contributed by atoms with Crippen LogP contribution in [-0.4, -0.2) is 26.7 Å². The normalized spacial score (nSPS) is 19.6. The monoisotopic (exact) mass is 256 g/mol. The fourth-order valence-corrected chi connectivity index (χ4v) is 2.40. The Hall–Kier alpha value is -0.800. The van der Waals surface area contributed by atoms with E-state index in [0.717, 1.165) is 32.0 Å². The summed E-state index contributed by atoms with van der Waals surface area (Å²) in [4.78, 5) is 1.94. The third-order valence-corrected chi connectivity index (χ3v) is 3.59. The van der Waals surface area contributed by atoms with E-state index in [4.69, 9.17) is 11.6 Å². The van der Waals surface area contributed by atoms with Gasteiger partial charge in [0.25, 0.3) is 0 Å². The van der Waals surface area contributed by atoms with E-state index in [1.807, 2.05) is 11.9 Å². The summed E-state index contributed by atoms with van der Waals surface area (Å²) < 4.78 is 13.6. The molecule has 0 saturated carbocycles. The highest BCUT2D eigenvalue weighted by molar-refractivity contribution is 6.30. The van der Waals surface area contributed by atoms with Crippen LogP contribution < -0.4 is 10.2 Å². The molecule has 2 rings (SSSR count). The fraction of sp³-hybridized carbons (Fsp3) is 0.538. The van der Waals surface area contributed by atoms with Crippen LogP contribution in [0.25, 0.3) is 0 Å². The number of hydrogen-bond acceptors (Lipinski definition) is 2. The second kappa shape index (κ2) is 5.69. The Morgan fingerprint density at radius 1 is 1.53 bits per heavy atom. The van der Waals surface area contributed by atoms with Gasteiger partial charge in [-0.05, 0) is 50.0 Å². The molecule has 1 fully saturated rings. The minimum absolute atomic E-state index is 0.207. The van der Waals surface area contributed by atoms with Crippen molar-refractivity contribution < 1.29 is 4.39 Å². The van der Waals surface area contributed by atoms with Crippen molar-refractivity contribution in [2.24, 2.45) is 5.92 Å². The minimum atomic E-state index is -0.207. The molecule has 1 N–H and O–H groups in total. The second-order valence-corrected chi connectivity index (χ2v) is 5.10. The van der Waals surface area contributed by atoms with Crippen molar-refractivity contribution in [3.8, 4) is 0 Å². The Kier molecular flexibility index (Phi) is 4.24. The number of anilines is 1. The highest BCUT2D eigenvalue weighted by Crippen LogP contribution is 2.23. The first kappa shape index (κ1) is 12.7. The first-order chi connectivity index (χ1) is 8.16. The van der Waals surface area contributed by atoms with Gasteiger partial charge < -0.3 is 10.2 Å². The summed E-state index contributed by atoms with van der Waals surface area (Å²) in [5.41, 5.74) is 0.587. The van der Waals surface area contributed by atoms with Crippen molar-refractivity contribution in [2.75, 3.05) is 31.6 Å². The van der Waals surface area contributed by atoms with Crippen molar-refractivity contribution in [2.45, 2.75) is 12.8 Å². The van der Waals surface area contributed by atoms with Gasteiger partial charge in [-0.15, -0.1) is 0 Å². The first-order valence-electron chi connectivity index (χ1n) is 6.03. The van der Waals surface area contributed by atoms with Crippen LogP contribution in [0.15, 0.2) is 18.2 Å². The number of hydrogen-bond donors (Lipinski definition) is 1. The van der Waals surface area contributed by atoms with Gasteiger partial charge in [0.2, 0.25) is 0 Å². The summed E-state index contributed by atoms with van der Waals surface area (Å²) >= 11 is 5.88. The number of nitrogens with zero attached hydrogens (tertiary/aromatic N) is 1. The molecule has 1 heterocycles. The van der Waals surface area contributed by atoms with Gasteiger partial charge in [-0.2, -0.15) is 0 Å². The maximum atomic E-state index is 13.6. The largest absolute Gasteiger partial charge is 0.372 e. The molecule has 0 spiro atoms. The molecule has 1 aliphatic rings. The zero-order valence-corrected chi connectivity index (χ0v) is 10.8. The molecule has 0 bridgehead atoms. The highest BCUT2D eigenvalue weighted by atomic mass is 35.5. The molecule has 0 amide bonds. The Labute approximate surface area is 107 Å². The maximum absolute atomic E-state index is 13.6. The molecule has 1 aromatic rings. The van der Waals surface area contributed by atoms with E-state index in [1.165, 1.54) is 12.5 Å². The van der Waals surface area contributed by atoms with E-state index < -0.39 is 0 Å². The van der Waals surface area contributed by atoms with Gasteiger partial charge in [0, 0.05) is 18.6 Å². The summed E-state index contributed by atoms with van der Waals surface area (Å²) in [6.07, 6.45) is 2.32. The molecule has 94 valence electrons. The molecule has 1 atom stereocenters. The van der Waals surface area contributed by atoms with Gasteiger partial charge in [-0.1, -0.05) is 11.6 Å². The van der Waals surface area contributed by atoms with Crippen LogP contribution in [0.5, 0.6) is 0 Å². The maximum Gasteiger partial charge on any atom is 0.146 e. The Bertz CT molecular complexity index is 378. The Morgan fingerprint density at radius 2 is 2.35 bits per heavy atom. The molecule has 4 heteroatoms. The lowest BCUT2D eigenvalue weighted by Crippen LogP contribution is -2.22. The van der Waals surface area contributed by atoms with E-state index in [1.54, 1.807) is 12.1 Å². The van der Waals surface area contributed by atoms with E-state index in [2.05, 4.69) is 5.32 Å². The van der Waals surface area contributed by atoms with Crippen LogP contribution >= 0.6 is 11.6 Å². The van der Waals surface area contributed by atoms with Gasteiger partial charge in [0.05, 0.1) is 5.69 Å². The molecule has 1 unspecified atom stereocenters. The summed E-state index contributed by atoms with van der Waals surface area (Å²) in [5, 5.41) is 3.92. The Morgan fingerprint density at radius 3 is 3.06 bits per heavy atom. The quantitative estimate of drug-likeness (QED) is 0.891. The number of rotatable bonds is 4. The van der Waals surface area contributed by atoms with Gasteiger partial charge in [0.1, 0.15) is 5.82 Å². The summed E-state index contributed by atoms with van der Waals surface area (Å²) in [6.45, 7) is 3.06. The van der Waals surface area contributed by atoms with E-state index in [9.17, 15) is 4.39 Å². The predicted molar refractivity (Wildman–Crippen MR) is 70.3 cm³/mol. The Balaban J connectivity index is 1.93. The van der Waals surface area contributed by atoms with Gasteiger partial charge in [-0.25, -0.2) is 4.39 Å². The number of halogens is 2. The lowest BCUT2D eigenvalue weighted by Gasteiger charge is -2.21. The van der Waals surface area contributed by atoms with Crippen LogP contribution in [0.1, 0.15) is 12.8 Å². The minimum Gasteiger partial charge on any atom is -0.372 e. The molecule has 0 aliphatic carbocycles. The van der Waals surface area contributed by atoms with Crippen molar-refractivity contribution in [3.05, 3.63) is 29.0 Å². The zero-order chi connectivity index (χ0) is 12.3.